The molecule has 0 aliphatic heterocycles. The zero-order valence-electron chi connectivity index (χ0n) is 16.3. The van der Waals surface area contributed by atoms with Crippen LogP contribution in [-0.2, 0) is 6.18 Å². The molecule has 0 aliphatic rings. The number of rotatable bonds is 7. The van der Waals surface area contributed by atoms with E-state index in [9.17, 15) is 13.2 Å². The molecule has 0 saturated heterocycles. The van der Waals surface area contributed by atoms with Crippen LogP contribution in [0.1, 0.15) is 25.8 Å². The lowest BCUT2D eigenvalue weighted by atomic mass is 10.2. The molecule has 0 amide bonds. The Bertz CT molecular complexity index is 979. The summed E-state index contributed by atoms with van der Waals surface area (Å²) in [5.74, 6) is 0.350. The largest absolute Gasteiger partial charge is 0.491 e. The summed E-state index contributed by atoms with van der Waals surface area (Å²) in [5, 5.41) is 5.64. The highest BCUT2D eigenvalue weighted by Gasteiger charge is 2.35. The Morgan fingerprint density at radius 2 is 1.60 bits per heavy atom. The quantitative estimate of drug-likeness (QED) is 0.384. The van der Waals surface area contributed by atoms with Gasteiger partial charge in [0.05, 0.1) is 6.10 Å². The summed E-state index contributed by atoms with van der Waals surface area (Å²) in [6.07, 6.45) is -2.94. The Morgan fingerprint density at radius 1 is 1.00 bits per heavy atom. The molecule has 0 aliphatic carbocycles. The van der Waals surface area contributed by atoms with E-state index >= 15 is 0 Å². The third-order valence-corrected chi connectivity index (χ3v) is 4.75. The molecule has 0 saturated carbocycles. The molecule has 0 fully saturated rings. The summed E-state index contributed by atoms with van der Waals surface area (Å²) >= 11 is 3.33. The van der Waals surface area contributed by atoms with E-state index in [1.165, 1.54) is 0 Å². The van der Waals surface area contributed by atoms with Gasteiger partial charge in [0.1, 0.15) is 17.1 Å². The molecule has 158 valence electrons. The number of hydrogen-bond donors (Lipinski definition) is 2. The molecule has 3 aromatic rings. The highest BCUT2D eigenvalue weighted by atomic mass is 79.9. The fourth-order valence-electron chi connectivity index (χ4n) is 2.48. The van der Waals surface area contributed by atoms with Crippen LogP contribution in [0.3, 0.4) is 0 Å². The van der Waals surface area contributed by atoms with E-state index in [4.69, 9.17) is 4.74 Å². The number of hydrogen-bond acceptors (Lipinski definition) is 5. The summed E-state index contributed by atoms with van der Waals surface area (Å²) in [5.41, 5.74) is 0.143. The summed E-state index contributed by atoms with van der Waals surface area (Å²) in [6.45, 7) is 3.96. The maximum Gasteiger partial charge on any atom is 0.421 e. The lowest BCUT2D eigenvalue weighted by molar-refractivity contribution is -0.137. The Morgan fingerprint density at radius 3 is 2.20 bits per heavy atom. The van der Waals surface area contributed by atoms with Gasteiger partial charge in [-0.1, -0.05) is 22.9 Å². The van der Waals surface area contributed by atoms with Crippen molar-refractivity contribution in [2.75, 3.05) is 10.6 Å². The molecule has 5 nitrogen and oxygen atoms in total. The summed E-state index contributed by atoms with van der Waals surface area (Å²) in [4.78, 5) is 7.85. The first-order valence-electron chi connectivity index (χ1n) is 9.25. The van der Waals surface area contributed by atoms with Gasteiger partial charge in [0.2, 0.25) is 5.95 Å². The van der Waals surface area contributed by atoms with Gasteiger partial charge in [0, 0.05) is 22.0 Å². The molecule has 9 heteroatoms. The van der Waals surface area contributed by atoms with Crippen molar-refractivity contribution in [2.45, 2.75) is 32.5 Å². The zero-order valence-corrected chi connectivity index (χ0v) is 17.9. The lowest BCUT2D eigenvalue weighted by Gasteiger charge is -2.16. The number of benzene rings is 2. The maximum atomic E-state index is 13.4. The average Bonchev–Trinajstić information content (AvgIpc) is 2.70. The topological polar surface area (TPSA) is 59.1 Å². The molecular weight excluding hydrogens is 461 g/mol. The highest BCUT2D eigenvalue weighted by Crippen LogP contribution is 2.35. The molecule has 1 heterocycles. The first-order chi connectivity index (χ1) is 14.2. The van der Waals surface area contributed by atoms with Gasteiger partial charge in [-0.3, -0.25) is 0 Å². The van der Waals surface area contributed by atoms with Crippen molar-refractivity contribution in [1.82, 2.24) is 9.97 Å². The van der Waals surface area contributed by atoms with Crippen LogP contribution in [0.5, 0.6) is 5.75 Å². The number of anilines is 4. The first kappa shape index (κ1) is 21.9. The minimum atomic E-state index is -4.60. The Labute approximate surface area is 180 Å². The number of nitrogens with zero attached hydrogens (tertiary/aromatic N) is 2. The van der Waals surface area contributed by atoms with Crippen molar-refractivity contribution in [3.05, 3.63) is 64.8 Å². The second-order valence-corrected chi connectivity index (χ2v) is 7.49. The maximum absolute atomic E-state index is 13.4. The third kappa shape index (κ3) is 5.85. The molecule has 0 spiro atoms. The van der Waals surface area contributed by atoms with Gasteiger partial charge in [0.15, 0.2) is 0 Å². The van der Waals surface area contributed by atoms with Crippen molar-refractivity contribution in [3.63, 3.8) is 0 Å². The highest BCUT2D eigenvalue weighted by molar-refractivity contribution is 9.10. The van der Waals surface area contributed by atoms with Crippen LogP contribution in [0, 0.1) is 0 Å². The minimum Gasteiger partial charge on any atom is -0.491 e. The predicted molar refractivity (Wildman–Crippen MR) is 115 cm³/mol. The smallest absolute Gasteiger partial charge is 0.421 e. The van der Waals surface area contributed by atoms with Gasteiger partial charge in [-0.2, -0.15) is 18.2 Å². The van der Waals surface area contributed by atoms with E-state index < -0.39 is 11.7 Å². The van der Waals surface area contributed by atoms with E-state index in [2.05, 4.69) is 36.5 Å². The average molecular weight is 481 g/mol. The van der Waals surface area contributed by atoms with E-state index in [1.54, 1.807) is 48.5 Å². The van der Waals surface area contributed by atoms with Crippen molar-refractivity contribution in [2.24, 2.45) is 0 Å². The molecular formula is C21H20BrF3N4O. The van der Waals surface area contributed by atoms with Crippen LogP contribution >= 0.6 is 15.9 Å². The van der Waals surface area contributed by atoms with Gasteiger partial charge in [-0.05, 0) is 61.9 Å². The molecule has 0 radical (unpaired) electrons. The SMILES string of the molecule is CCC(C)Oc1ccc(Nc2nc(Nc3ccc(Br)cc3)ncc2C(F)(F)F)cc1. The molecule has 1 atom stereocenters. The Kier molecular flexibility index (Phi) is 6.81. The predicted octanol–water partition coefficient (Wildman–Crippen LogP) is 6.92. The Balaban J connectivity index is 1.84. The van der Waals surface area contributed by atoms with Crippen LogP contribution in [0.2, 0.25) is 0 Å². The summed E-state index contributed by atoms with van der Waals surface area (Å²) < 4.78 is 46.9. The zero-order chi connectivity index (χ0) is 21.7. The molecule has 3 rings (SSSR count). The monoisotopic (exact) mass is 480 g/mol. The van der Waals surface area contributed by atoms with Crippen molar-refractivity contribution < 1.29 is 17.9 Å². The van der Waals surface area contributed by atoms with Crippen LogP contribution in [-0.4, -0.2) is 16.1 Å². The second kappa shape index (κ2) is 9.34. The lowest BCUT2D eigenvalue weighted by Crippen LogP contribution is -2.12. The number of aromatic nitrogens is 2. The number of alkyl halides is 3. The van der Waals surface area contributed by atoms with E-state index in [0.29, 0.717) is 17.1 Å². The van der Waals surface area contributed by atoms with Crippen molar-refractivity contribution in [3.8, 4) is 5.75 Å². The fourth-order valence-corrected chi connectivity index (χ4v) is 2.74. The molecule has 0 bridgehead atoms. The van der Waals surface area contributed by atoms with Gasteiger partial charge in [-0.25, -0.2) is 4.98 Å². The molecule has 30 heavy (non-hydrogen) atoms. The number of ether oxygens (including phenoxy) is 1. The van der Waals surface area contributed by atoms with Crippen LogP contribution in [0.15, 0.2) is 59.2 Å². The minimum absolute atomic E-state index is 0.0459. The molecule has 1 unspecified atom stereocenters. The van der Waals surface area contributed by atoms with Crippen LogP contribution in [0.25, 0.3) is 0 Å². The van der Waals surface area contributed by atoms with Crippen LogP contribution < -0.4 is 15.4 Å². The first-order valence-corrected chi connectivity index (χ1v) is 10.0. The van der Waals surface area contributed by atoms with Gasteiger partial charge >= 0.3 is 6.18 Å². The van der Waals surface area contributed by atoms with Crippen molar-refractivity contribution >= 4 is 39.1 Å². The standard InChI is InChI=1S/C21H20BrF3N4O/c1-3-13(2)30-17-10-8-15(9-11-17)27-19-18(21(23,24)25)12-26-20(29-19)28-16-6-4-14(22)5-7-16/h4-13H,3H2,1-2H3,(H2,26,27,28,29). The van der Waals surface area contributed by atoms with Gasteiger partial charge in [0.25, 0.3) is 0 Å². The van der Waals surface area contributed by atoms with E-state index in [0.717, 1.165) is 17.1 Å². The molecule has 2 N–H and O–H groups in total. The number of halogens is 4. The summed E-state index contributed by atoms with van der Waals surface area (Å²) in [6, 6.07) is 13.8. The van der Waals surface area contributed by atoms with Gasteiger partial charge < -0.3 is 15.4 Å². The third-order valence-electron chi connectivity index (χ3n) is 4.22. The summed E-state index contributed by atoms with van der Waals surface area (Å²) in [7, 11) is 0. The van der Waals surface area contributed by atoms with Gasteiger partial charge in [-0.15, -0.1) is 0 Å². The van der Waals surface area contributed by atoms with E-state index in [-0.39, 0.29) is 17.9 Å². The molecule has 2 aromatic carbocycles. The van der Waals surface area contributed by atoms with E-state index in [1.807, 2.05) is 13.8 Å². The fraction of sp³-hybridized carbons (Fsp3) is 0.238. The second-order valence-electron chi connectivity index (χ2n) is 6.57. The van der Waals surface area contributed by atoms with Crippen LogP contribution in [0.4, 0.5) is 36.3 Å². The number of nitrogens with one attached hydrogen (secondary N) is 2. The molecule has 1 aromatic heterocycles. The van der Waals surface area contributed by atoms with Crippen molar-refractivity contribution in [1.29, 1.82) is 0 Å². The Hall–Kier alpha value is -2.81. The normalized spacial score (nSPS) is 12.3.